The molecule has 84 valence electrons. The van der Waals surface area contributed by atoms with Gasteiger partial charge in [-0.05, 0) is 38.0 Å². The Hall–Kier alpha value is -0.120. The second kappa shape index (κ2) is 5.69. The summed E-state index contributed by atoms with van der Waals surface area (Å²) in [5, 5.41) is 8.64. The van der Waals surface area contributed by atoms with Gasteiger partial charge in [0.15, 0.2) is 0 Å². The average molecular weight is 201 g/mol. The van der Waals surface area contributed by atoms with E-state index in [0.29, 0.717) is 6.54 Å². The second-order valence-electron chi connectivity index (χ2n) is 4.51. The SMILES string of the molecule is CC1CCC(CN)(OCCCCO)C1. The summed E-state index contributed by atoms with van der Waals surface area (Å²) in [6, 6.07) is 0. The van der Waals surface area contributed by atoms with Gasteiger partial charge in [0.05, 0.1) is 5.60 Å². The minimum absolute atomic E-state index is 0.0468. The number of nitrogens with two attached hydrogens (primary N) is 1. The summed E-state index contributed by atoms with van der Waals surface area (Å²) in [6.07, 6.45) is 5.20. The minimum Gasteiger partial charge on any atom is -0.396 e. The van der Waals surface area contributed by atoms with Crippen LogP contribution in [0.1, 0.15) is 39.0 Å². The van der Waals surface area contributed by atoms with Gasteiger partial charge in [-0.3, -0.25) is 0 Å². The average Bonchev–Trinajstić information content (AvgIpc) is 2.56. The first-order valence-electron chi connectivity index (χ1n) is 5.67. The fourth-order valence-electron chi connectivity index (χ4n) is 2.23. The van der Waals surface area contributed by atoms with E-state index >= 15 is 0 Å². The molecule has 3 heteroatoms. The van der Waals surface area contributed by atoms with E-state index in [-0.39, 0.29) is 12.2 Å². The first kappa shape index (κ1) is 12.0. The Labute approximate surface area is 86.6 Å². The molecule has 3 nitrogen and oxygen atoms in total. The van der Waals surface area contributed by atoms with Crippen LogP contribution in [0.5, 0.6) is 0 Å². The number of unbranched alkanes of at least 4 members (excludes halogenated alkanes) is 1. The normalized spacial score (nSPS) is 32.4. The van der Waals surface area contributed by atoms with Crippen LogP contribution in [0.3, 0.4) is 0 Å². The predicted octanol–water partition coefficient (Wildman–Crippen LogP) is 1.29. The maximum absolute atomic E-state index is 8.64. The van der Waals surface area contributed by atoms with Gasteiger partial charge in [0.25, 0.3) is 0 Å². The predicted molar refractivity (Wildman–Crippen MR) is 57.1 cm³/mol. The van der Waals surface area contributed by atoms with Gasteiger partial charge < -0.3 is 15.6 Å². The van der Waals surface area contributed by atoms with Crippen molar-refractivity contribution >= 4 is 0 Å². The van der Waals surface area contributed by atoms with Crippen molar-refractivity contribution in [2.24, 2.45) is 11.7 Å². The summed E-state index contributed by atoms with van der Waals surface area (Å²) in [5.41, 5.74) is 5.72. The molecule has 3 N–H and O–H groups in total. The van der Waals surface area contributed by atoms with Crippen LogP contribution in [0.2, 0.25) is 0 Å². The largest absolute Gasteiger partial charge is 0.396 e. The van der Waals surface area contributed by atoms with E-state index in [4.69, 9.17) is 15.6 Å². The highest BCUT2D eigenvalue weighted by Crippen LogP contribution is 2.36. The quantitative estimate of drug-likeness (QED) is 0.637. The molecule has 0 heterocycles. The molecule has 1 saturated carbocycles. The summed E-state index contributed by atoms with van der Waals surface area (Å²) in [4.78, 5) is 0. The summed E-state index contributed by atoms with van der Waals surface area (Å²) in [7, 11) is 0. The molecule has 2 atom stereocenters. The Morgan fingerprint density at radius 2 is 2.29 bits per heavy atom. The van der Waals surface area contributed by atoms with Crippen molar-refractivity contribution in [1.29, 1.82) is 0 Å². The van der Waals surface area contributed by atoms with Crippen molar-refractivity contribution in [3.8, 4) is 0 Å². The molecular weight excluding hydrogens is 178 g/mol. The van der Waals surface area contributed by atoms with E-state index in [2.05, 4.69) is 6.92 Å². The summed E-state index contributed by atoms with van der Waals surface area (Å²) in [5.74, 6) is 0.747. The Bertz CT molecular complexity index is 163. The van der Waals surface area contributed by atoms with Gasteiger partial charge in [0.2, 0.25) is 0 Å². The molecule has 0 aliphatic heterocycles. The smallest absolute Gasteiger partial charge is 0.0806 e. The van der Waals surface area contributed by atoms with Crippen molar-refractivity contribution in [3.05, 3.63) is 0 Å². The molecule has 0 aromatic carbocycles. The fraction of sp³-hybridized carbons (Fsp3) is 1.00. The Morgan fingerprint density at radius 1 is 1.50 bits per heavy atom. The summed E-state index contributed by atoms with van der Waals surface area (Å²) in [6.45, 7) is 3.89. The van der Waals surface area contributed by atoms with Crippen molar-refractivity contribution in [2.75, 3.05) is 19.8 Å². The molecule has 1 aliphatic carbocycles. The molecule has 0 saturated heterocycles. The minimum atomic E-state index is -0.0468. The van der Waals surface area contributed by atoms with Gasteiger partial charge in [0, 0.05) is 19.8 Å². The van der Waals surface area contributed by atoms with Gasteiger partial charge in [-0.25, -0.2) is 0 Å². The molecule has 0 amide bonds. The van der Waals surface area contributed by atoms with Gasteiger partial charge in [-0.2, -0.15) is 0 Å². The molecule has 1 rings (SSSR count). The van der Waals surface area contributed by atoms with Crippen molar-refractivity contribution in [1.82, 2.24) is 0 Å². The molecule has 1 fully saturated rings. The van der Waals surface area contributed by atoms with Crippen LogP contribution in [0.15, 0.2) is 0 Å². The van der Waals surface area contributed by atoms with E-state index in [1.165, 1.54) is 6.42 Å². The van der Waals surface area contributed by atoms with Crippen molar-refractivity contribution < 1.29 is 9.84 Å². The van der Waals surface area contributed by atoms with Gasteiger partial charge >= 0.3 is 0 Å². The lowest BCUT2D eigenvalue weighted by Gasteiger charge is -2.28. The second-order valence-corrected chi connectivity index (χ2v) is 4.51. The molecule has 14 heavy (non-hydrogen) atoms. The topological polar surface area (TPSA) is 55.5 Å². The zero-order valence-electron chi connectivity index (χ0n) is 9.17. The van der Waals surface area contributed by atoms with E-state index in [1.807, 2.05) is 0 Å². The highest BCUT2D eigenvalue weighted by Gasteiger charge is 2.36. The molecule has 1 aliphatic rings. The van der Waals surface area contributed by atoms with Gasteiger partial charge in [0.1, 0.15) is 0 Å². The van der Waals surface area contributed by atoms with Crippen molar-refractivity contribution in [2.45, 2.75) is 44.6 Å². The zero-order chi connectivity index (χ0) is 10.4. The number of aliphatic hydroxyl groups is 1. The molecule has 0 bridgehead atoms. The van der Waals surface area contributed by atoms with E-state index in [1.54, 1.807) is 0 Å². The van der Waals surface area contributed by atoms with Gasteiger partial charge in [-0.1, -0.05) is 6.92 Å². The van der Waals surface area contributed by atoms with Crippen LogP contribution in [0, 0.1) is 5.92 Å². The molecule has 2 unspecified atom stereocenters. The van der Waals surface area contributed by atoms with Crippen LogP contribution < -0.4 is 5.73 Å². The van der Waals surface area contributed by atoms with E-state index in [9.17, 15) is 0 Å². The van der Waals surface area contributed by atoms with Crippen LogP contribution in [-0.2, 0) is 4.74 Å². The number of hydrogen-bond donors (Lipinski definition) is 2. The number of ether oxygens (including phenoxy) is 1. The third-order valence-corrected chi connectivity index (χ3v) is 3.15. The molecule has 0 spiro atoms. The Morgan fingerprint density at radius 3 is 2.79 bits per heavy atom. The molecule has 0 aromatic heterocycles. The number of hydrogen-bond acceptors (Lipinski definition) is 3. The third-order valence-electron chi connectivity index (χ3n) is 3.15. The maximum atomic E-state index is 8.64. The van der Waals surface area contributed by atoms with Crippen LogP contribution in [0.4, 0.5) is 0 Å². The maximum Gasteiger partial charge on any atom is 0.0806 e. The van der Waals surface area contributed by atoms with Crippen molar-refractivity contribution in [3.63, 3.8) is 0 Å². The lowest BCUT2D eigenvalue weighted by atomic mass is 10.0. The molecule has 0 aromatic rings. The molecule has 0 radical (unpaired) electrons. The zero-order valence-corrected chi connectivity index (χ0v) is 9.17. The first-order valence-corrected chi connectivity index (χ1v) is 5.67. The first-order chi connectivity index (χ1) is 6.72. The Balaban J connectivity index is 2.24. The summed E-state index contributed by atoms with van der Waals surface area (Å²) >= 11 is 0. The standard InChI is InChI=1S/C11H23NO2/c1-10-4-5-11(8-10,9-12)14-7-3-2-6-13/h10,13H,2-9,12H2,1H3. The lowest BCUT2D eigenvalue weighted by molar-refractivity contribution is -0.0381. The molecular formula is C11H23NO2. The van der Waals surface area contributed by atoms with E-state index in [0.717, 1.165) is 38.2 Å². The monoisotopic (exact) mass is 201 g/mol. The Kier molecular flexibility index (Phi) is 4.85. The van der Waals surface area contributed by atoms with Crippen LogP contribution in [-0.4, -0.2) is 30.5 Å². The van der Waals surface area contributed by atoms with E-state index < -0.39 is 0 Å². The third kappa shape index (κ3) is 3.23. The van der Waals surface area contributed by atoms with Crippen LogP contribution >= 0.6 is 0 Å². The summed E-state index contributed by atoms with van der Waals surface area (Å²) < 4.78 is 5.88. The number of aliphatic hydroxyl groups excluding tert-OH is 1. The highest BCUT2D eigenvalue weighted by atomic mass is 16.5. The van der Waals surface area contributed by atoms with Gasteiger partial charge in [-0.15, -0.1) is 0 Å². The fourth-order valence-corrected chi connectivity index (χ4v) is 2.23. The van der Waals surface area contributed by atoms with Crippen LogP contribution in [0.25, 0.3) is 0 Å². The lowest BCUT2D eigenvalue weighted by Crippen LogP contribution is -2.38. The highest BCUT2D eigenvalue weighted by molar-refractivity contribution is 4.90. The number of rotatable bonds is 6.